The van der Waals surface area contributed by atoms with Crippen molar-refractivity contribution in [3.8, 4) is 5.75 Å². The fourth-order valence-corrected chi connectivity index (χ4v) is 3.93. The van der Waals surface area contributed by atoms with Crippen molar-refractivity contribution in [2.75, 3.05) is 26.7 Å². The number of para-hydroxylation sites is 2. The van der Waals surface area contributed by atoms with Crippen molar-refractivity contribution in [1.82, 2.24) is 15.2 Å². The topological polar surface area (TPSA) is 37.4 Å². The smallest absolute Gasteiger partial charge is 0.123 e. The molecule has 26 heavy (non-hydrogen) atoms. The van der Waals surface area contributed by atoms with Gasteiger partial charge in [-0.25, -0.2) is 0 Å². The number of hydrogen-bond donors (Lipinski definition) is 1. The van der Waals surface area contributed by atoms with Crippen LogP contribution in [-0.2, 0) is 6.54 Å². The third-order valence-corrected chi connectivity index (χ3v) is 5.16. The number of methoxy groups -OCH3 is 1. The lowest BCUT2D eigenvalue weighted by Crippen LogP contribution is -2.45. The molecule has 2 heterocycles. The second-order valence-electron chi connectivity index (χ2n) is 6.87. The first-order valence-electron chi connectivity index (χ1n) is 9.19. The Balaban J connectivity index is 1.70. The average molecular weight is 347 g/mol. The molecular weight excluding hydrogens is 322 g/mol. The van der Waals surface area contributed by atoms with Crippen LogP contribution in [0.1, 0.15) is 22.9 Å². The fraction of sp³-hybridized carbons (Fsp3) is 0.318. The maximum absolute atomic E-state index is 5.62. The highest BCUT2D eigenvalue weighted by Crippen LogP contribution is 2.32. The van der Waals surface area contributed by atoms with Gasteiger partial charge >= 0.3 is 0 Å². The molecule has 1 unspecified atom stereocenters. The van der Waals surface area contributed by atoms with Crippen molar-refractivity contribution in [2.45, 2.75) is 19.5 Å². The van der Waals surface area contributed by atoms with Crippen LogP contribution in [0.25, 0.3) is 10.9 Å². The van der Waals surface area contributed by atoms with E-state index in [-0.39, 0.29) is 0 Å². The van der Waals surface area contributed by atoms with Gasteiger partial charge in [0.1, 0.15) is 5.75 Å². The van der Waals surface area contributed by atoms with Crippen LogP contribution in [0.2, 0.25) is 0 Å². The van der Waals surface area contributed by atoms with Gasteiger partial charge < -0.3 is 10.1 Å². The number of pyridine rings is 1. The summed E-state index contributed by atoms with van der Waals surface area (Å²) in [4.78, 5) is 7.23. The summed E-state index contributed by atoms with van der Waals surface area (Å²) in [6.07, 6.45) is 0. The molecule has 0 radical (unpaired) electrons. The molecule has 2 aromatic carbocycles. The average Bonchev–Trinajstić information content (AvgIpc) is 2.68. The van der Waals surface area contributed by atoms with Gasteiger partial charge in [-0.15, -0.1) is 0 Å². The summed E-state index contributed by atoms with van der Waals surface area (Å²) in [5, 5.41) is 4.79. The Morgan fingerprint density at radius 1 is 1.15 bits per heavy atom. The highest BCUT2D eigenvalue weighted by molar-refractivity contribution is 5.82. The number of ether oxygens (including phenoxy) is 1. The number of nitrogens with one attached hydrogen (secondary N) is 1. The second kappa shape index (κ2) is 7.44. The molecule has 0 saturated carbocycles. The molecule has 1 fully saturated rings. The van der Waals surface area contributed by atoms with E-state index in [4.69, 9.17) is 4.74 Å². The van der Waals surface area contributed by atoms with Crippen molar-refractivity contribution < 1.29 is 4.74 Å². The van der Waals surface area contributed by atoms with Crippen molar-refractivity contribution in [3.63, 3.8) is 0 Å². The van der Waals surface area contributed by atoms with E-state index in [2.05, 4.69) is 64.6 Å². The summed E-state index contributed by atoms with van der Waals surface area (Å²) in [5.74, 6) is 0.960. The molecule has 0 aliphatic carbocycles. The summed E-state index contributed by atoms with van der Waals surface area (Å²) in [7, 11) is 1.75. The van der Waals surface area contributed by atoms with E-state index >= 15 is 0 Å². The fourth-order valence-electron chi connectivity index (χ4n) is 3.93. The van der Waals surface area contributed by atoms with E-state index in [9.17, 15) is 0 Å². The predicted molar refractivity (Wildman–Crippen MR) is 105 cm³/mol. The zero-order chi connectivity index (χ0) is 17.9. The summed E-state index contributed by atoms with van der Waals surface area (Å²) in [5.41, 5.74) is 4.74. The van der Waals surface area contributed by atoms with Gasteiger partial charge in [0.25, 0.3) is 0 Å². The Hall–Kier alpha value is -2.43. The molecule has 1 atom stereocenters. The number of rotatable bonds is 4. The quantitative estimate of drug-likeness (QED) is 0.781. The van der Waals surface area contributed by atoms with E-state index in [1.165, 1.54) is 16.5 Å². The number of nitrogens with zero attached hydrogens (tertiary/aromatic N) is 2. The van der Waals surface area contributed by atoms with Gasteiger partial charge in [-0.3, -0.25) is 9.88 Å². The maximum Gasteiger partial charge on any atom is 0.123 e. The van der Waals surface area contributed by atoms with Gasteiger partial charge in [0.15, 0.2) is 0 Å². The molecule has 4 rings (SSSR count). The molecule has 4 nitrogen and oxygen atoms in total. The largest absolute Gasteiger partial charge is 0.496 e. The Labute approximate surface area is 154 Å². The van der Waals surface area contributed by atoms with E-state index in [0.717, 1.165) is 43.1 Å². The number of hydrogen-bond acceptors (Lipinski definition) is 4. The monoisotopic (exact) mass is 347 g/mol. The standard InChI is InChI=1S/C22H25N3O/c1-16-13-17(18-7-3-5-9-20(18)24-16)15-25-12-11-23-14-21(25)19-8-4-6-10-22(19)26-2/h3-10,13,21,23H,11-12,14-15H2,1-2H3. The molecular formula is C22H25N3O. The van der Waals surface area contributed by atoms with Crippen molar-refractivity contribution in [3.05, 3.63) is 71.4 Å². The minimum atomic E-state index is 0.298. The molecule has 3 aromatic rings. The zero-order valence-electron chi connectivity index (χ0n) is 15.4. The highest BCUT2D eigenvalue weighted by Gasteiger charge is 2.26. The first kappa shape index (κ1) is 17.0. The lowest BCUT2D eigenvalue weighted by molar-refractivity contribution is 0.151. The third-order valence-electron chi connectivity index (χ3n) is 5.16. The van der Waals surface area contributed by atoms with E-state index in [1.807, 2.05) is 12.1 Å². The van der Waals surface area contributed by atoms with Gasteiger partial charge in [0.2, 0.25) is 0 Å². The molecule has 4 heteroatoms. The van der Waals surface area contributed by atoms with Crippen LogP contribution < -0.4 is 10.1 Å². The van der Waals surface area contributed by atoms with Crippen LogP contribution in [-0.4, -0.2) is 36.6 Å². The van der Waals surface area contributed by atoms with E-state index in [1.54, 1.807) is 7.11 Å². The van der Waals surface area contributed by atoms with Gasteiger partial charge in [0.05, 0.1) is 18.7 Å². The Morgan fingerprint density at radius 3 is 2.85 bits per heavy atom. The predicted octanol–water partition coefficient (Wildman–Crippen LogP) is 3.70. The molecule has 1 aliphatic rings. The van der Waals surface area contributed by atoms with Gasteiger partial charge in [0, 0.05) is 42.8 Å². The van der Waals surface area contributed by atoms with Crippen LogP contribution in [0.5, 0.6) is 5.75 Å². The second-order valence-corrected chi connectivity index (χ2v) is 6.87. The molecule has 134 valence electrons. The molecule has 0 bridgehead atoms. The van der Waals surface area contributed by atoms with Crippen LogP contribution in [0.3, 0.4) is 0 Å². The first-order valence-corrected chi connectivity index (χ1v) is 9.19. The Bertz CT molecular complexity index is 909. The minimum Gasteiger partial charge on any atom is -0.496 e. The molecule has 1 aromatic heterocycles. The van der Waals surface area contributed by atoms with Gasteiger partial charge in [-0.05, 0) is 30.7 Å². The number of aryl methyl sites for hydroxylation is 1. The first-order chi connectivity index (χ1) is 12.8. The van der Waals surface area contributed by atoms with Crippen molar-refractivity contribution >= 4 is 10.9 Å². The molecule has 0 spiro atoms. The van der Waals surface area contributed by atoms with Crippen molar-refractivity contribution in [1.29, 1.82) is 0 Å². The Kier molecular flexibility index (Phi) is 4.87. The summed E-state index contributed by atoms with van der Waals surface area (Å²) >= 11 is 0. The summed E-state index contributed by atoms with van der Waals surface area (Å²) in [6, 6.07) is 19.3. The zero-order valence-corrected chi connectivity index (χ0v) is 15.4. The lowest BCUT2D eigenvalue weighted by atomic mass is 10.00. The van der Waals surface area contributed by atoms with Crippen LogP contribution in [0, 0.1) is 6.92 Å². The third kappa shape index (κ3) is 3.30. The Morgan fingerprint density at radius 2 is 1.96 bits per heavy atom. The molecule has 1 N–H and O–H groups in total. The number of aromatic nitrogens is 1. The lowest BCUT2D eigenvalue weighted by Gasteiger charge is -2.37. The van der Waals surface area contributed by atoms with Crippen LogP contribution in [0.4, 0.5) is 0 Å². The number of piperazine rings is 1. The SMILES string of the molecule is COc1ccccc1C1CNCCN1Cc1cc(C)nc2ccccc12. The van der Waals surface area contributed by atoms with Gasteiger partial charge in [-0.2, -0.15) is 0 Å². The van der Waals surface area contributed by atoms with E-state index < -0.39 is 0 Å². The number of fused-ring (bicyclic) bond motifs is 1. The van der Waals surface area contributed by atoms with E-state index in [0.29, 0.717) is 6.04 Å². The molecule has 1 saturated heterocycles. The molecule has 1 aliphatic heterocycles. The summed E-state index contributed by atoms with van der Waals surface area (Å²) < 4.78 is 5.62. The minimum absolute atomic E-state index is 0.298. The normalized spacial score (nSPS) is 18.2. The highest BCUT2D eigenvalue weighted by atomic mass is 16.5. The maximum atomic E-state index is 5.62. The summed E-state index contributed by atoms with van der Waals surface area (Å²) in [6.45, 7) is 5.94. The number of benzene rings is 2. The van der Waals surface area contributed by atoms with Crippen molar-refractivity contribution in [2.24, 2.45) is 0 Å². The molecule has 0 amide bonds. The van der Waals surface area contributed by atoms with Crippen LogP contribution in [0.15, 0.2) is 54.6 Å². The van der Waals surface area contributed by atoms with Gasteiger partial charge in [-0.1, -0.05) is 36.4 Å². The van der Waals surface area contributed by atoms with Crippen LogP contribution >= 0.6 is 0 Å².